The number of nitrogens with zero attached hydrogens (tertiary/aromatic N) is 3. The number of ether oxygens (including phenoxy) is 1. The molecule has 0 aliphatic rings. The minimum atomic E-state index is -0.500. The number of nitriles is 1. The maximum atomic E-state index is 11.5. The summed E-state index contributed by atoms with van der Waals surface area (Å²) >= 11 is 0. The van der Waals surface area contributed by atoms with Gasteiger partial charge in [-0.15, -0.1) is 0 Å². The molecule has 1 aromatic carbocycles. The number of carbonyl (C=O) groups excluding carboxylic acids is 1. The smallest absolute Gasteiger partial charge is 0.339 e. The third-order valence-electron chi connectivity index (χ3n) is 2.45. The molecule has 2 aromatic rings. The Hall–Kier alpha value is -2.61. The van der Waals surface area contributed by atoms with E-state index in [0.29, 0.717) is 5.56 Å². The zero-order valence-electron chi connectivity index (χ0n) is 9.83. The van der Waals surface area contributed by atoms with Crippen molar-refractivity contribution in [2.45, 2.75) is 6.92 Å². The molecule has 5 nitrogen and oxygen atoms in total. The highest BCUT2D eigenvalue weighted by atomic mass is 16.5. The van der Waals surface area contributed by atoms with Gasteiger partial charge < -0.3 is 4.74 Å². The first-order chi connectivity index (χ1) is 8.72. The minimum absolute atomic E-state index is 0.237. The van der Waals surface area contributed by atoms with Gasteiger partial charge in [-0.25, -0.2) is 9.48 Å². The van der Waals surface area contributed by atoms with Gasteiger partial charge in [0.05, 0.1) is 11.3 Å². The number of aryl methyl sites for hydroxylation is 1. The van der Waals surface area contributed by atoms with Crippen LogP contribution in [0.15, 0.2) is 36.5 Å². The molecule has 0 radical (unpaired) electrons. The predicted octanol–water partition coefficient (Wildman–Crippen LogP) is 1.86. The number of aromatic nitrogens is 2. The highest BCUT2D eigenvalue weighted by Crippen LogP contribution is 2.11. The van der Waals surface area contributed by atoms with E-state index in [9.17, 15) is 4.79 Å². The summed E-state index contributed by atoms with van der Waals surface area (Å²) in [6.07, 6.45) is 1.71. The van der Waals surface area contributed by atoms with E-state index >= 15 is 0 Å². The summed E-state index contributed by atoms with van der Waals surface area (Å²) in [4.78, 5) is 11.5. The maximum absolute atomic E-state index is 11.5. The fourth-order valence-corrected chi connectivity index (χ4v) is 1.56. The third kappa shape index (κ3) is 2.38. The fraction of sp³-hybridized carbons (Fsp3) is 0.154. The van der Waals surface area contributed by atoms with E-state index in [-0.39, 0.29) is 6.61 Å². The van der Waals surface area contributed by atoms with E-state index in [1.165, 1.54) is 0 Å². The molecule has 1 heterocycles. The molecule has 0 spiro atoms. The molecular formula is C13H11N3O2. The molecule has 0 fully saturated rings. The summed E-state index contributed by atoms with van der Waals surface area (Å²) < 4.78 is 6.48. The van der Waals surface area contributed by atoms with Gasteiger partial charge in [0.15, 0.2) is 6.61 Å². The molecule has 0 aliphatic heterocycles. The van der Waals surface area contributed by atoms with Gasteiger partial charge in [0.25, 0.3) is 0 Å². The van der Waals surface area contributed by atoms with Gasteiger partial charge in [0, 0.05) is 11.9 Å². The largest absolute Gasteiger partial charge is 0.447 e. The lowest BCUT2D eigenvalue weighted by molar-refractivity contribution is 0.0555. The molecule has 0 bridgehead atoms. The molecule has 0 N–H and O–H groups in total. The second kappa shape index (κ2) is 5.15. The molecule has 0 atom stereocenters. The van der Waals surface area contributed by atoms with E-state index < -0.39 is 5.97 Å². The van der Waals surface area contributed by atoms with Gasteiger partial charge in [0.1, 0.15) is 6.07 Å². The molecule has 1 aromatic heterocycles. The van der Waals surface area contributed by atoms with Crippen molar-refractivity contribution in [2.24, 2.45) is 0 Å². The zero-order valence-corrected chi connectivity index (χ0v) is 9.83. The molecule has 90 valence electrons. The van der Waals surface area contributed by atoms with E-state index in [2.05, 4.69) is 5.10 Å². The van der Waals surface area contributed by atoms with Crippen LogP contribution in [0.3, 0.4) is 0 Å². The van der Waals surface area contributed by atoms with Crippen LogP contribution in [0.25, 0.3) is 5.69 Å². The van der Waals surface area contributed by atoms with Gasteiger partial charge in [0.2, 0.25) is 0 Å². The lowest BCUT2D eigenvalue weighted by atomic mass is 10.2. The summed E-state index contributed by atoms with van der Waals surface area (Å²) in [5, 5.41) is 12.5. The van der Waals surface area contributed by atoms with Crippen molar-refractivity contribution in [1.29, 1.82) is 5.26 Å². The lowest BCUT2D eigenvalue weighted by Gasteiger charge is -2.05. The Labute approximate surface area is 104 Å². The van der Waals surface area contributed by atoms with Crippen molar-refractivity contribution in [3.8, 4) is 11.8 Å². The molecule has 0 saturated heterocycles. The quantitative estimate of drug-likeness (QED) is 0.769. The average Bonchev–Trinajstić information content (AvgIpc) is 2.82. The standard InChI is InChI=1S/C13H11N3O2/c1-10-6-8-15-16(10)12-4-2-11(3-5-12)13(17)18-9-7-14/h2-6,8H,9H2,1H3. The van der Waals surface area contributed by atoms with Crippen LogP contribution < -0.4 is 0 Å². The fourth-order valence-electron chi connectivity index (χ4n) is 1.56. The summed E-state index contributed by atoms with van der Waals surface area (Å²) in [5.74, 6) is -0.500. The first kappa shape index (κ1) is 11.9. The Morgan fingerprint density at radius 2 is 2.11 bits per heavy atom. The van der Waals surface area contributed by atoms with E-state index in [0.717, 1.165) is 11.4 Å². The Bertz CT molecular complexity index is 593. The summed E-state index contributed by atoms with van der Waals surface area (Å²) in [6.45, 7) is 1.71. The van der Waals surface area contributed by atoms with Crippen LogP contribution in [0.4, 0.5) is 0 Å². The molecule has 0 aliphatic carbocycles. The van der Waals surface area contributed by atoms with Crippen LogP contribution in [0.1, 0.15) is 16.1 Å². The van der Waals surface area contributed by atoms with Gasteiger partial charge in [-0.2, -0.15) is 10.4 Å². The number of benzene rings is 1. The van der Waals surface area contributed by atoms with Gasteiger partial charge in [-0.1, -0.05) is 0 Å². The third-order valence-corrected chi connectivity index (χ3v) is 2.45. The Kier molecular flexibility index (Phi) is 3.39. The second-order valence-corrected chi connectivity index (χ2v) is 3.67. The van der Waals surface area contributed by atoms with E-state index in [1.54, 1.807) is 41.2 Å². The monoisotopic (exact) mass is 241 g/mol. The Balaban J connectivity index is 2.18. The van der Waals surface area contributed by atoms with Crippen molar-refractivity contribution >= 4 is 5.97 Å². The summed E-state index contributed by atoms with van der Waals surface area (Å²) in [5.41, 5.74) is 2.29. The SMILES string of the molecule is Cc1ccnn1-c1ccc(C(=O)OCC#N)cc1. The Morgan fingerprint density at radius 3 is 2.67 bits per heavy atom. The maximum Gasteiger partial charge on any atom is 0.339 e. The van der Waals surface area contributed by atoms with E-state index in [4.69, 9.17) is 10.00 Å². The molecule has 0 unspecified atom stereocenters. The van der Waals surface area contributed by atoms with Gasteiger partial charge in [-0.05, 0) is 37.3 Å². The molecular weight excluding hydrogens is 230 g/mol. The highest BCUT2D eigenvalue weighted by Gasteiger charge is 2.07. The van der Waals surface area contributed by atoms with Crippen molar-refractivity contribution in [3.05, 3.63) is 47.8 Å². The van der Waals surface area contributed by atoms with Crippen molar-refractivity contribution < 1.29 is 9.53 Å². The predicted molar refractivity (Wildman–Crippen MR) is 64.2 cm³/mol. The molecule has 5 heteroatoms. The summed E-state index contributed by atoms with van der Waals surface area (Å²) in [7, 11) is 0. The number of esters is 1. The first-order valence-electron chi connectivity index (χ1n) is 5.37. The van der Waals surface area contributed by atoms with Crippen LogP contribution in [-0.2, 0) is 4.74 Å². The number of rotatable bonds is 3. The zero-order chi connectivity index (χ0) is 13.0. The van der Waals surface area contributed by atoms with Crippen molar-refractivity contribution in [1.82, 2.24) is 9.78 Å². The summed E-state index contributed by atoms with van der Waals surface area (Å²) in [6, 6.07) is 10.5. The van der Waals surface area contributed by atoms with Crippen LogP contribution in [0.2, 0.25) is 0 Å². The van der Waals surface area contributed by atoms with Crippen LogP contribution in [-0.4, -0.2) is 22.4 Å². The lowest BCUT2D eigenvalue weighted by Crippen LogP contribution is -2.06. The van der Waals surface area contributed by atoms with Crippen molar-refractivity contribution in [3.63, 3.8) is 0 Å². The van der Waals surface area contributed by atoms with Crippen LogP contribution in [0, 0.1) is 18.3 Å². The number of carbonyl (C=O) groups is 1. The normalized spacial score (nSPS) is 9.78. The van der Waals surface area contributed by atoms with Crippen LogP contribution >= 0.6 is 0 Å². The Morgan fingerprint density at radius 1 is 1.39 bits per heavy atom. The van der Waals surface area contributed by atoms with E-state index in [1.807, 2.05) is 13.0 Å². The van der Waals surface area contributed by atoms with Crippen LogP contribution in [0.5, 0.6) is 0 Å². The molecule has 0 saturated carbocycles. The van der Waals surface area contributed by atoms with Crippen molar-refractivity contribution in [2.75, 3.05) is 6.61 Å². The van der Waals surface area contributed by atoms with Gasteiger partial charge >= 0.3 is 5.97 Å². The average molecular weight is 241 g/mol. The topological polar surface area (TPSA) is 67.9 Å². The first-order valence-corrected chi connectivity index (χ1v) is 5.37. The second-order valence-electron chi connectivity index (χ2n) is 3.67. The molecule has 0 amide bonds. The van der Waals surface area contributed by atoms with Gasteiger partial charge in [-0.3, -0.25) is 0 Å². The molecule has 2 rings (SSSR count). The minimum Gasteiger partial charge on any atom is -0.447 e. The number of hydrogen-bond acceptors (Lipinski definition) is 4. The number of hydrogen-bond donors (Lipinski definition) is 0. The molecule has 18 heavy (non-hydrogen) atoms. The highest BCUT2D eigenvalue weighted by molar-refractivity contribution is 5.89.